The number of hydrogen-bond donors (Lipinski definition) is 2. The number of benzene rings is 2. The fraction of sp³-hybridized carbons (Fsp3) is 0. The van der Waals surface area contributed by atoms with Crippen molar-refractivity contribution in [1.82, 2.24) is 0 Å². The van der Waals surface area contributed by atoms with Crippen LogP contribution < -0.4 is 11.1 Å². The minimum Gasteiger partial charge on any atom is -0.396 e. The van der Waals surface area contributed by atoms with Gasteiger partial charge >= 0.3 is 0 Å². The van der Waals surface area contributed by atoms with Gasteiger partial charge in [-0.1, -0.05) is 6.07 Å². The molecule has 0 aliphatic rings. The van der Waals surface area contributed by atoms with E-state index >= 15 is 0 Å². The van der Waals surface area contributed by atoms with Crippen LogP contribution in [-0.4, -0.2) is 5.91 Å². The fourth-order valence-electron chi connectivity index (χ4n) is 1.55. The first-order chi connectivity index (χ1) is 8.97. The van der Waals surface area contributed by atoms with Crippen molar-refractivity contribution < 1.29 is 18.0 Å². The van der Waals surface area contributed by atoms with Crippen LogP contribution in [0.3, 0.4) is 0 Å². The summed E-state index contributed by atoms with van der Waals surface area (Å²) < 4.78 is 39.5. The van der Waals surface area contributed by atoms with E-state index < -0.39 is 23.4 Å². The zero-order valence-corrected chi connectivity index (χ0v) is 9.58. The van der Waals surface area contributed by atoms with Crippen LogP contribution in [0, 0.1) is 17.5 Å². The van der Waals surface area contributed by atoms with Crippen LogP contribution in [0.2, 0.25) is 0 Å². The topological polar surface area (TPSA) is 55.1 Å². The molecule has 0 spiro atoms. The molecule has 0 atom stereocenters. The van der Waals surface area contributed by atoms with Gasteiger partial charge in [-0.25, -0.2) is 13.2 Å². The van der Waals surface area contributed by atoms with Crippen molar-refractivity contribution in [3.8, 4) is 0 Å². The number of hydrogen-bond acceptors (Lipinski definition) is 2. The third kappa shape index (κ3) is 2.85. The van der Waals surface area contributed by atoms with Gasteiger partial charge in [-0.05, 0) is 24.3 Å². The second kappa shape index (κ2) is 5.01. The van der Waals surface area contributed by atoms with Crippen molar-refractivity contribution >= 4 is 17.3 Å². The van der Waals surface area contributed by atoms with Crippen molar-refractivity contribution in [2.24, 2.45) is 0 Å². The van der Waals surface area contributed by atoms with Crippen LogP contribution in [0.1, 0.15) is 10.4 Å². The Bertz CT molecular complexity index is 624. The highest BCUT2D eigenvalue weighted by Gasteiger charge is 2.14. The van der Waals surface area contributed by atoms with Gasteiger partial charge in [0.05, 0.1) is 11.3 Å². The molecule has 0 bridgehead atoms. The Kier molecular flexibility index (Phi) is 3.41. The number of amides is 1. The highest BCUT2D eigenvalue weighted by atomic mass is 19.1. The Labute approximate surface area is 106 Å². The fourth-order valence-corrected chi connectivity index (χ4v) is 1.55. The predicted octanol–water partition coefficient (Wildman–Crippen LogP) is 2.94. The van der Waals surface area contributed by atoms with Gasteiger partial charge in [0.25, 0.3) is 5.91 Å². The summed E-state index contributed by atoms with van der Waals surface area (Å²) in [5.74, 6) is -3.40. The molecule has 0 fully saturated rings. The molecule has 0 aliphatic heterocycles. The molecule has 3 nitrogen and oxygen atoms in total. The second-order valence-electron chi connectivity index (χ2n) is 3.82. The van der Waals surface area contributed by atoms with Gasteiger partial charge in [0.15, 0.2) is 5.82 Å². The summed E-state index contributed by atoms with van der Waals surface area (Å²) in [6.45, 7) is 0. The first-order valence-electron chi connectivity index (χ1n) is 5.29. The van der Waals surface area contributed by atoms with Crippen LogP contribution in [0.4, 0.5) is 24.5 Å². The van der Waals surface area contributed by atoms with Gasteiger partial charge in [0.2, 0.25) is 0 Å². The third-order valence-electron chi connectivity index (χ3n) is 2.39. The number of anilines is 2. The van der Waals surface area contributed by atoms with Crippen LogP contribution >= 0.6 is 0 Å². The number of nitrogens with two attached hydrogens (primary N) is 1. The van der Waals surface area contributed by atoms with Crippen LogP contribution in [0.25, 0.3) is 0 Å². The molecule has 3 N–H and O–H groups in total. The molecule has 0 aliphatic carbocycles. The molecule has 0 aromatic heterocycles. The van der Waals surface area contributed by atoms with E-state index in [1.165, 1.54) is 18.2 Å². The van der Waals surface area contributed by atoms with Crippen LogP contribution in [-0.2, 0) is 0 Å². The van der Waals surface area contributed by atoms with Gasteiger partial charge in [0.1, 0.15) is 11.6 Å². The van der Waals surface area contributed by atoms with E-state index in [1.807, 2.05) is 0 Å². The average Bonchev–Trinajstić information content (AvgIpc) is 2.31. The number of carbonyl (C=O) groups is 1. The lowest BCUT2D eigenvalue weighted by atomic mass is 10.1. The molecule has 6 heteroatoms. The number of halogens is 3. The molecule has 0 saturated heterocycles. The minimum atomic E-state index is -0.878. The van der Waals surface area contributed by atoms with Crippen molar-refractivity contribution in [1.29, 1.82) is 0 Å². The highest BCUT2D eigenvalue weighted by Crippen LogP contribution is 2.18. The Morgan fingerprint density at radius 2 is 1.68 bits per heavy atom. The molecule has 2 aromatic carbocycles. The number of carbonyl (C=O) groups excluding carboxylic acids is 1. The SMILES string of the molecule is Nc1cccc(C(=O)Nc2cc(F)cc(F)c2)c1F. The lowest BCUT2D eigenvalue weighted by molar-refractivity contribution is 0.102. The highest BCUT2D eigenvalue weighted by molar-refractivity contribution is 6.05. The molecular weight excluding hydrogens is 257 g/mol. The zero-order valence-electron chi connectivity index (χ0n) is 9.58. The van der Waals surface area contributed by atoms with E-state index in [2.05, 4.69) is 5.32 Å². The molecule has 0 unspecified atom stereocenters. The maximum absolute atomic E-state index is 13.6. The maximum atomic E-state index is 13.6. The minimum absolute atomic E-state index is 0.107. The third-order valence-corrected chi connectivity index (χ3v) is 2.39. The van der Waals surface area contributed by atoms with Crippen molar-refractivity contribution in [3.05, 3.63) is 59.4 Å². The number of nitrogens with one attached hydrogen (secondary N) is 1. The Balaban J connectivity index is 2.28. The smallest absolute Gasteiger partial charge is 0.258 e. The first kappa shape index (κ1) is 12.9. The molecule has 98 valence electrons. The molecule has 2 rings (SSSR count). The molecule has 2 aromatic rings. The summed E-state index contributed by atoms with van der Waals surface area (Å²) in [5, 5.41) is 2.19. The zero-order chi connectivity index (χ0) is 14.0. The second-order valence-corrected chi connectivity index (χ2v) is 3.82. The lowest BCUT2D eigenvalue weighted by Crippen LogP contribution is -2.14. The predicted molar refractivity (Wildman–Crippen MR) is 65.1 cm³/mol. The van der Waals surface area contributed by atoms with Gasteiger partial charge in [-0.3, -0.25) is 4.79 Å². The molecule has 0 saturated carbocycles. The summed E-state index contributed by atoms with van der Waals surface area (Å²) in [7, 11) is 0. The summed E-state index contributed by atoms with van der Waals surface area (Å²) in [5.41, 5.74) is 4.73. The summed E-state index contributed by atoms with van der Waals surface area (Å²) in [6.07, 6.45) is 0. The average molecular weight is 266 g/mol. The van der Waals surface area contributed by atoms with Crippen molar-refractivity contribution in [2.75, 3.05) is 11.1 Å². The summed E-state index contributed by atoms with van der Waals surface area (Å²) in [6, 6.07) is 6.43. The molecule has 0 radical (unpaired) electrons. The van der Waals surface area contributed by atoms with Gasteiger partial charge < -0.3 is 11.1 Å². The van der Waals surface area contributed by atoms with E-state index in [4.69, 9.17) is 5.73 Å². The summed E-state index contributed by atoms with van der Waals surface area (Å²) in [4.78, 5) is 11.8. The maximum Gasteiger partial charge on any atom is 0.258 e. The van der Waals surface area contributed by atoms with Crippen LogP contribution in [0.15, 0.2) is 36.4 Å². The van der Waals surface area contributed by atoms with Gasteiger partial charge in [-0.2, -0.15) is 0 Å². The Hall–Kier alpha value is -2.50. The first-order valence-corrected chi connectivity index (χ1v) is 5.29. The monoisotopic (exact) mass is 266 g/mol. The molecule has 0 heterocycles. The van der Waals surface area contributed by atoms with Gasteiger partial charge in [-0.15, -0.1) is 0 Å². The molecular formula is C13H9F3N2O. The quantitative estimate of drug-likeness (QED) is 0.821. The largest absolute Gasteiger partial charge is 0.396 e. The van der Waals surface area contributed by atoms with E-state index in [0.29, 0.717) is 6.07 Å². The molecule has 1 amide bonds. The van der Waals surface area contributed by atoms with E-state index in [0.717, 1.165) is 12.1 Å². The normalized spacial score (nSPS) is 10.3. The van der Waals surface area contributed by atoms with E-state index in [9.17, 15) is 18.0 Å². The van der Waals surface area contributed by atoms with E-state index in [-0.39, 0.29) is 16.9 Å². The number of nitrogen functional groups attached to an aromatic ring is 1. The van der Waals surface area contributed by atoms with Crippen molar-refractivity contribution in [2.45, 2.75) is 0 Å². The van der Waals surface area contributed by atoms with Gasteiger partial charge in [0, 0.05) is 11.8 Å². The number of rotatable bonds is 2. The lowest BCUT2D eigenvalue weighted by Gasteiger charge is -2.07. The molecule has 19 heavy (non-hydrogen) atoms. The van der Waals surface area contributed by atoms with Crippen molar-refractivity contribution in [3.63, 3.8) is 0 Å². The van der Waals surface area contributed by atoms with Crippen LogP contribution in [0.5, 0.6) is 0 Å². The standard InChI is InChI=1S/C13H9F3N2O/c14-7-4-8(15)6-9(5-7)18-13(19)10-2-1-3-11(17)12(10)16/h1-6H,17H2,(H,18,19). The summed E-state index contributed by atoms with van der Waals surface area (Å²) >= 11 is 0. The van der Waals surface area contributed by atoms with E-state index in [1.54, 1.807) is 0 Å². The Morgan fingerprint density at radius 3 is 2.32 bits per heavy atom. The Morgan fingerprint density at radius 1 is 1.05 bits per heavy atom.